The van der Waals surface area contributed by atoms with Gasteiger partial charge in [-0.1, -0.05) is 11.6 Å². The number of methoxy groups -OCH3 is 1. The summed E-state index contributed by atoms with van der Waals surface area (Å²) in [5.41, 5.74) is 2.27. The standard InChI is InChI=1S/C20H18ClN3O4/c1-27-19-12(2-3-18(23-19)24-8-11-4-10(24)9-28-11)13-5-14-15(20(25)26)7-22-17(14)6-16(13)21/h2-3,5-7,10-11,22H,4,8-9H2,1H3,(H,25,26)/t10-,11-/m1/s1. The van der Waals surface area contributed by atoms with Gasteiger partial charge in [0.25, 0.3) is 0 Å². The Kier molecular flexibility index (Phi) is 3.96. The lowest BCUT2D eigenvalue weighted by Crippen LogP contribution is -2.37. The highest BCUT2D eigenvalue weighted by molar-refractivity contribution is 6.34. The quantitative estimate of drug-likeness (QED) is 0.697. The molecular weight excluding hydrogens is 382 g/mol. The number of H-pyrrole nitrogens is 1. The molecule has 8 heteroatoms. The van der Waals surface area contributed by atoms with E-state index in [1.165, 1.54) is 6.20 Å². The molecule has 28 heavy (non-hydrogen) atoms. The Labute approximate surface area is 165 Å². The van der Waals surface area contributed by atoms with Crippen molar-refractivity contribution in [3.8, 4) is 17.0 Å². The van der Waals surface area contributed by atoms with E-state index in [-0.39, 0.29) is 11.7 Å². The number of carbonyl (C=O) groups is 1. The van der Waals surface area contributed by atoms with E-state index in [9.17, 15) is 9.90 Å². The number of anilines is 1. The van der Waals surface area contributed by atoms with Crippen molar-refractivity contribution in [3.63, 3.8) is 0 Å². The Morgan fingerprint density at radius 1 is 1.39 bits per heavy atom. The van der Waals surface area contributed by atoms with Crippen molar-refractivity contribution < 1.29 is 19.4 Å². The van der Waals surface area contributed by atoms with Crippen molar-refractivity contribution in [1.29, 1.82) is 0 Å². The van der Waals surface area contributed by atoms with Crippen LogP contribution >= 0.6 is 11.6 Å². The van der Waals surface area contributed by atoms with Crippen LogP contribution in [0.3, 0.4) is 0 Å². The number of ether oxygens (including phenoxy) is 2. The number of hydrogen-bond donors (Lipinski definition) is 2. The van der Waals surface area contributed by atoms with E-state index < -0.39 is 5.97 Å². The molecule has 144 valence electrons. The van der Waals surface area contributed by atoms with Gasteiger partial charge in [-0.25, -0.2) is 4.79 Å². The van der Waals surface area contributed by atoms with Crippen LogP contribution in [0.1, 0.15) is 16.8 Å². The third-order valence-corrected chi connectivity index (χ3v) is 5.84. The first-order valence-corrected chi connectivity index (χ1v) is 9.40. The summed E-state index contributed by atoms with van der Waals surface area (Å²) in [4.78, 5) is 21.4. The maximum Gasteiger partial charge on any atom is 0.337 e. The summed E-state index contributed by atoms with van der Waals surface area (Å²) in [5.74, 6) is 0.308. The highest BCUT2D eigenvalue weighted by atomic mass is 35.5. The minimum atomic E-state index is -0.994. The molecule has 4 heterocycles. The van der Waals surface area contributed by atoms with Crippen LogP contribution in [0.5, 0.6) is 5.88 Å². The summed E-state index contributed by atoms with van der Waals surface area (Å²) in [7, 11) is 1.57. The Morgan fingerprint density at radius 2 is 2.25 bits per heavy atom. The molecule has 0 aliphatic carbocycles. The average Bonchev–Trinajstić information content (AvgIpc) is 3.42. The minimum Gasteiger partial charge on any atom is -0.480 e. The summed E-state index contributed by atoms with van der Waals surface area (Å²) < 4.78 is 11.2. The van der Waals surface area contributed by atoms with Crippen LogP contribution in [0.2, 0.25) is 5.02 Å². The van der Waals surface area contributed by atoms with E-state index in [1.807, 2.05) is 12.1 Å². The Bertz CT molecular complexity index is 1100. The van der Waals surface area contributed by atoms with Gasteiger partial charge in [0.2, 0.25) is 5.88 Å². The molecule has 2 bridgehead atoms. The second-order valence-electron chi connectivity index (χ2n) is 7.11. The monoisotopic (exact) mass is 399 g/mol. The van der Waals surface area contributed by atoms with E-state index in [0.717, 1.165) is 31.0 Å². The lowest BCUT2D eigenvalue weighted by molar-refractivity contribution is 0.0699. The number of fused-ring (bicyclic) bond motifs is 3. The summed E-state index contributed by atoms with van der Waals surface area (Å²) in [6.45, 7) is 1.56. The van der Waals surface area contributed by atoms with Crippen LogP contribution in [-0.2, 0) is 4.74 Å². The second-order valence-corrected chi connectivity index (χ2v) is 7.52. The lowest BCUT2D eigenvalue weighted by Gasteiger charge is -2.28. The molecule has 0 radical (unpaired) electrons. The van der Waals surface area contributed by atoms with Crippen molar-refractivity contribution >= 4 is 34.3 Å². The first-order valence-electron chi connectivity index (χ1n) is 9.02. The number of nitrogens with one attached hydrogen (secondary N) is 1. The summed E-state index contributed by atoms with van der Waals surface area (Å²) in [6, 6.07) is 7.72. The molecule has 0 amide bonds. The third-order valence-electron chi connectivity index (χ3n) is 5.52. The Hall–Kier alpha value is -2.77. The van der Waals surface area contributed by atoms with Crippen molar-refractivity contribution in [1.82, 2.24) is 9.97 Å². The van der Waals surface area contributed by atoms with Crippen LogP contribution in [0.4, 0.5) is 5.82 Å². The van der Waals surface area contributed by atoms with Gasteiger partial charge in [-0.15, -0.1) is 0 Å². The number of carboxylic acid groups (broad SMARTS) is 1. The molecule has 2 aliphatic rings. The zero-order valence-electron chi connectivity index (χ0n) is 15.1. The number of morpholine rings is 1. The van der Waals surface area contributed by atoms with Gasteiger partial charge >= 0.3 is 5.97 Å². The number of benzene rings is 1. The minimum absolute atomic E-state index is 0.199. The normalized spacial score (nSPS) is 20.9. The molecule has 2 aromatic heterocycles. The number of halogens is 1. The molecule has 2 fully saturated rings. The van der Waals surface area contributed by atoms with Crippen molar-refractivity contribution in [2.24, 2.45) is 0 Å². The zero-order chi connectivity index (χ0) is 19.4. The van der Waals surface area contributed by atoms with Crippen molar-refractivity contribution in [2.75, 3.05) is 25.2 Å². The smallest absolute Gasteiger partial charge is 0.337 e. The fourth-order valence-corrected chi connectivity index (χ4v) is 4.42. The predicted octanol–water partition coefficient (Wildman–Crippen LogP) is 3.57. The number of aromatic nitrogens is 2. The van der Waals surface area contributed by atoms with Crippen LogP contribution in [0.15, 0.2) is 30.5 Å². The van der Waals surface area contributed by atoms with E-state index >= 15 is 0 Å². The first kappa shape index (κ1) is 17.3. The van der Waals surface area contributed by atoms with Gasteiger partial charge in [0.05, 0.1) is 36.4 Å². The van der Waals surface area contributed by atoms with Crippen LogP contribution in [0.25, 0.3) is 22.0 Å². The van der Waals surface area contributed by atoms with Gasteiger partial charge in [-0.05, 0) is 30.7 Å². The SMILES string of the molecule is COc1nc(N2C[C@H]3C[C@@H]2CO3)ccc1-c1cc2c(C(=O)O)c[nH]c2cc1Cl. The van der Waals surface area contributed by atoms with E-state index in [4.69, 9.17) is 26.1 Å². The number of pyridine rings is 1. The zero-order valence-corrected chi connectivity index (χ0v) is 15.9. The maximum absolute atomic E-state index is 11.5. The molecule has 3 aromatic rings. The summed E-state index contributed by atoms with van der Waals surface area (Å²) in [5, 5.41) is 10.5. The van der Waals surface area contributed by atoms with Gasteiger partial charge in [0, 0.05) is 34.8 Å². The van der Waals surface area contributed by atoms with Crippen molar-refractivity contribution in [3.05, 3.63) is 41.0 Å². The summed E-state index contributed by atoms with van der Waals surface area (Å²) in [6.07, 6.45) is 2.77. The highest BCUT2D eigenvalue weighted by Gasteiger charge is 2.39. The molecular formula is C20H18ClN3O4. The number of hydrogen-bond acceptors (Lipinski definition) is 5. The highest BCUT2D eigenvalue weighted by Crippen LogP contribution is 2.39. The van der Waals surface area contributed by atoms with Gasteiger partial charge in [-0.2, -0.15) is 4.98 Å². The van der Waals surface area contributed by atoms with Gasteiger partial charge in [0.15, 0.2) is 0 Å². The van der Waals surface area contributed by atoms with Crippen LogP contribution in [-0.4, -0.2) is 53.5 Å². The van der Waals surface area contributed by atoms with E-state index in [0.29, 0.717) is 33.4 Å². The largest absolute Gasteiger partial charge is 0.480 e. The first-order chi connectivity index (χ1) is 13.5. The molecule has 2 aliphatic heterocycles. The maximum atomic E-state index is 11.5. The van der Waals surface area contributed by atoms with E-state index in [1.54, 1.807) is 19.2 Å². The number of nitrogens with zero attached hydrogens (tertiary/aromatic N) is 2. The molecule has 0 saturated carbocycles. The molecule has 2 N–H and O–H groups in total. The number of aromatic amines is 1. The fourth-order valence-electron chi connectivity index (χ4n) is 4.16. The van der Waals surface area contributed by atoms with Gasteiger partial charge in [-0.3, -0.25) is 0 Å². The van der Waals surface area contributed by atoms with Crippen LogP contribution < -0.4 is 9.64 Å². The summed E-state index contributed by atoms with van der Waals surface area (Å²) >= 11 is 6.50. The number of rotatable bonds is 4. The molecule has 2 atom stereocenters. The molecule has 5 rings (SSSR count). The Morgan fingerprint density at radius 3 is 2.93 bits per heavy atom. The average molecular weight is 400 g/mol. The fraction of sp³-hybridized carbons (Fsp3) is 0.300. The molecule has 0 unspecified atom stereocenters. The number of aromatic carboxylic acids is 1. The second kappa shape index (κ2) is 6.39. The van der Waals surface area contributed by atoms with Crippen LogP contribution in [0, 0.1) is 0 Å². The van der Waals surface area contributed by atoms with Gasteiger partial charge < -0.3 is 24.5 Å². The predicted molar refractivity (Wildman–Crippen MR) is 106 cm³/mol. The van der Waals surface area contributed by atoms with Crippen molar-refractivity contribution in [2.45, 2.75) is 18.6 Å². The molecule has 0 spiro atoms. The Balaban J connectivity index is 1.60. The van der Waals surface area contributed by atoms with E-state index in [2.05, 4.69) is 9.88 Å². The molecule has 2 saturated heterocycles. The molecule has 7 nitrogen and oxygen atoms in total. The van der Waals surface area contributed by atoms with Gasteiger partial charge in [0.1, 0.15) is 5.82 Å². The topological polar surface area (TPSA) is 87.7 Å². The molecule has 1 aromatic carbocycles. The number of carboxylic acids is 1. The third kappa shape index (κ3) is 2.62. The lowest BCUT2D eigenvalue weighted by atomic mass is 10.0.